The number of carbonyl (C=O) groups is 1. The van der Waals surface area contributed by atoms with Crippen LogP contribution in [0.1, 0.15) is 51.7 Å². The fourth-order valence-electron chi connectivity index (χ4n) is 5.07. The van der Waals surface area contributed by atoms with Gasteiger partial charge in [0.2, 0.25) is 5.91 Å². The molecule has 1 aromatic carbocycles. The third kappa shape index (κ3) is 2.13. The lowest BCUT2D eigenvalue weighted by Crippen LogP contribution is -2.31. The van der Waals surface area contributed by atoms with Crippen molar-refractivity contribution in [2.24, 2.45) is 17.6 Å². The molecular weight excluding hydrogens is 326 g/mol. The first-order chi connectivity index (χ1) is 12.6. The minimum Gasteiger partial charge on any atom is -0.388 e. The molecule has 5 atom stereocenters. The van der Waals surface area contributed by atoms with Gasteiger partial charge in [0.25, 0.3) is 0 Å². The molecule has 0 radical (unpaired) electrons. The highest BCUT2D eigenvalue weighted by atomic mass is 16.3. The molecule has 5 heteroatoms. The van der Waals surface area contributed by atoms with Crippen LogP contribution in [-0.2, 0) is 6.42 Å². The second-order valence-corrected chi connectivity index (χ2v) is 7.51. The number of aliphatic hydroxyl groups is 1. The smallest absolute Gasteiger partial charge is 0.248 e. The summed E-state index contributed by atoms with van der Waals surface area (Å²) in [6.07, 6.45) is 13.7. The Morgan fingerprint density at radius 3 is 2.96 bits per heavy atom. The lowest BCUT2D eigenvalue weighted by Gasteiger charge is -2.37. The standard InChI is InChI=1S/C21H21N3O2/c22-21(26)13-6-5-12-7-8-16(20(25)17(12)9-13)19-15-4-2-1-3-14(15)18-10-23-11-24(18)19/h1-6,9-11,14-16,19-20,25H,7-8H2,(H2,22,26). The van der Waals surface area contributed by atoms with E-state index in [0.29, 0.717) is 17.4 Å². The number of nitrogens with two attached hydrogens (primary N) is 1. The predicted octanol–water partition coefficient (Wildman–Crippen LogP) is 2.66. The second kappa shape index (κ2) is 5.68. The molecule has 1 amide bonds. The first-order valence-corrected chi connectivity index (χ1v) is 9.12. The molecule has 0 fully saturated rings. The van der Waals surface area contributed by atoms with Crippen LogP contribution in [0.3, 0.4) is 0 Å². The Morgan fingerprint density at radius 2 is 2.12 bits per heavy atom. The van der Waals surface area contributed by atoms with E-state index in [1.54, 1.807) is 12.1 Å². The Hall–Kier alpha value is -2.66. The Morgan fingerprint density at radius 1 is 1.27 bits per heavy atom. The fourth-order valence-corrected chi connectivity index (χ4v) is 5.07. The van der Waals surface area contributed by atoms with Gasteiger partial charge in [-0.3, -0.25) is 4.79 Å². The largest absolute Gasteiger partial charge is 0.388 e. The van der Waals surface area contributed by atoms with E-state index in [-0.39, 0.29) is 12.0 Å². The third-order valence-electron chi connectivity index (χ3n) is 6.27. The van der Waals surface area contributed by atoms with Crippen molar-refractivity contribution in [3.8, 4) is 0 Å². The van der Waals surface area contributed by atoms with E-state index in [1.165, 1.54) is 5.69 Å². The molecule has 0 saturated heterocycles. The molecule has 5 nitrogen and oxygen atoms in total. The number of fused-ring (bicyclic) bond motifs is 4. The molecule has 0 saturated carbocycles. The Kier molecular flexibility index (Phi) is 3.40. The molecule has 2 aromatic rings. The van der Waals surface area contributed by atoms with Gasteiger partial charge in [0.1, 0.15) is 0 Å². The molecule has 2 heterocycles. The van der Waals surface area contributed by atoms with Crippen molar-refractivity contribution < 1.29 is 9.90 Å². The minimum atomic E-state index is -0.614. The number of nitrogens with zero attached hydrogens (tertiary/aromatic N) is 2. The van der Waals surface area contributed by atoms with E-state index < -0.39 is 12.0 Å². The molecule has 3 N–H and O–H groups in total. The maximum atomic E-state index is 11.6. The van der Waals surface area contributed by atoms with E-state index in [1.807, 2.05) is 18.6 Å². The highest BCUT2D eigenvalue weighted by molar-refractivity contribution is 5.93. The van der Waals surface area contributed by atoms with Crippen LogP contribution >= 0.6 is 0 Å². The summed E-state index contributed by atoms with van der Waals surface area (Å²) in [5.41, 5.74) is 9.06. The second-order valence-electron chi connectivity index (χ2n) is 7.51. The van der Waals surface area contributed by atoms with Gasteiger partial charge in [-0.2, -0.15) is 0 Å². The quantitative estimate of drug-likeness (QED) is 0.876. The summed E-state index contributed by atoms with van der Waals surface area (Å²) in [6, 6.07) is 5.62. The number of hydrogen-bond donors (Lipinski definition) is 2. The predicted molar refractivity (Wildman–Crippen MR) is 97.5 cm³/mol. The van der Waals surface area contributed by atoms with E-state index >= 15 is 0 Å². The van der Waals surface area contributed by atoms with E-state index in [0.717, 1.165) is 24.0 Å². The molecular formula is C21H21N3O2. The topological polar surface area (TPSA) is 81.1 Å². The summed E-state index contributed by atoms with van der Waals surface area (Å²) in [6.45, 7) is 0. The summed E-state index contributed by atoms with van der Waals surface area (Å²) in [5.74, 6) is 0.265. The zero-order chi connectivity index (χ0) is 17.8. The van der Waals surface area contributed by atoms with Crippen molar-refractivity contribution in [3.05, 3.63) is 77.4 Å². The van der Waals surface area contributed by atoms with Gasteiger partial charge in [0, 0.05) is 41.2 Å². The monoisotopic (exact) mass is 347 g/mol. The molecule has 1 aromatic heterocycles. The van der Waals surface area contributed by atoms with Gasteiger partial charge in [-0.25, -0.2) is 4.98 Å². The first kappa shape index (κ1) is 15.6. The molecule has 5 unspecified atom stereocenters. The number of primary amides is 1. The molecule has 0 spiro atoms. The maximum absolute atomic E-state index is 11.6. The number of hydrogen-bond acceptors (Lipinski definition) is 3. The zero-order valence-corrected chi connectivity index (χ0v) is 14.3. The zero-order valence-electron chi connectivity index (χ0n) is 14.3. The van der Waals surface area contributed by atoms with Crippen LogP contribution in [0.5, 0.6) is 0 Å². The molecule has 5 rings (SSSR count). The van der Waals surface area contributed by atoms with Gasteiger partial charge < -0.3 is 15.4 Å². The van der Waals surface area contributed by atoms with Crippen molar-refractivity contribution in [1.82, 2.24) is 9.55 Å². The summed E-state index contributed by atoms with van der Waals surface area (Å²) < 4.78 is 2.24. The number of amides is 1. The van der Waals surface area contributed by atoms with Gasteiger partial charge >= 0.3 is 0 Å². The van der Waals surface area contributed by atoms with Crippen molar-refractivity contribution in [2.45, 2.75) is 30.9 Å². The Balaban J connectivity index is 1.55. The highest BCUT2D eigenvalue weighted by Gasteiger charge is 2.46. The molecule has 1 aliphatic heterocycles. The van der Waals surface area contributed by atoms with Crippen LogP contribution < -0.4 is 5.73 Å². The summed E-state index contributed by atoms with van der Waals surface area (Å²) in [4.78, 5) is 15.9. The van der Waals surface area contributed by atoms with Crippen molar-refractivity contribution in [3.63, 3.8) is 0 Å². The molecule has 26 heavy (non-hydrogen) atoms. The summed E-state index contributed by atoms with van der Waals surface area (Å²) in [5, 5.41) is 11.2. The van der Waals surface area contributed by atoms with Gasteiger partial charge in [-0.15, -0.1) is 0 Å². The number of aryl methyl sites for hydroxylation is 1. The number of allylic oxidation sites excluding steroid dienone is 4. The number of benzene rings is 1. The fraction of sp³-hybridized carbons (Fsp3) is 0.333. The van der Waals surface area contributed by atoms with Gasteiger partial charge in [-0.1, -0.05) is 30.4 Å². The number of aromatic nitrogens is 2. The average molecular weight is 347 g/mol. The van der Waals surface area contributed by atoms with Crippen molar-refractivity contribution in [1.29, 1.82) is 0 Å². The summed E-state index contributed by atoms with van der Waals surface area (Å²) in [7, 11) is 0. The third-order valence-corrected chi connectivity index (χ3v) is 6.27. The molecule has 3 aliphatic rings. The van der Waals surface area contributed by atoms with Crippen LogP contribution in [0.2, 0.25) is 0 Å². The number of aliphatic hydroxyl groups excluding tert-OH is 1. The average Bonchev–Trinajstić information content (AvgIpc) is 3.23. The normalized spacial score (nSPS) is 31.3. The number of rotatable bonds is 2. The van der Waals surface area contributed by atoms with Crippen LogP contribution in [0.15, 0.2) is 55.0 Å². The molecule has 0 bridgehead atoms. The Bertz CT molecular complexity index is 942. The van der Waals surface area contributed by atoms with E-state index in [9.17, 15) is 9.90 Å². The summed E-state index contributed by atoms with van der Waals surface area (Å²) >= 11 is 0. The van der Waals surface area contributed by atoms with Crippen molar-refractivity contribution >= 4 is 5.91 Å². The van der Waals surface area contributed by atoms with Gasteiger partial charge in [0.05, 0.1) is 12.4 Å². The Labute approximate surface area is 151 Å². The van der Waals surface area contributed by atoms with Crippen molar-refractivity contribution in [2.75, 3.05) is 0 Å². The van der Waals surface area contributed by atoms with E-state index in [2.05, 4.69) is 33.9 Å². The van der Waals surface area contributed by atoms with Crippen LogP contribution in [-0.4, -0.2) is 20.6 Å². The van der Waals surface area contributed by atoms with Crippen LogP contribution in [0.25, 0.3) is 0 Å². The van der Waals surface area contributed by atoms with E-state index in [4.69, 9.17) is 5.73 Å². The van der Waals surface area contributed by atoms with Gasteiger partial charge in [0.15, 0.2) is 0 Å². The SMILES string of the molecule is NC(=O)c1ccc2c(c1)C(O)C(C1C3C=CC=CC3c3cncn31)CC2. The van der Waals surface area contributed by atoms with Crippen LogP contribution in [0, 0.1) is 11.8 Å². The highest BCUT2D eigenvalue weighted by Crippen LogP contribution is 2.53. The molecule has 2 aliphatic carbocycles. The maximum Gasteiger partial charge on any atom is 0.248 e. The number of imidazole rings is 1. The lowest BCUT2D eigenvalue weighted by atomic mass is 9.72. The van der Waals surface area contributed by atoms with Gasteiger partial charge in [-0.05, 0) is 36.1 Å². The first-order valence-electron chi connectivity index (χ1n) is 9.12. The van der Waals surface area contributed by atoms with Crippen LogP contribution in [0.4, 0.5) is 0 Å². The number of carbonyl (C=O) groups excluding carboxylic acids is 1. The lowest BCUT2D eigenvalue weighted by molar-refractivity contribution is 0.0528. The molecule has 132 valence electrons. The minimum absolute atomic E-state index is 0.0738.